The minimum Gasteiger partial charge on any atom is -0.332 e. The van der Waals surface area contributed by atoms with Crippen molar-refractivity contribution in [3.63, 3.8) is 0 Å². The molecule has 0 aliphatic heterocycles. The van der Waals surface area contributed by atoms with Gasteiger partial charge in [0.05, 0.1) is 11.9 Å². The van der Waals surface area contributed by atoms with E-state index in [0.29, 0.717) is 11.3 Å². The van der Waals surface area contributed by atoms with Crippen LogP contribution in [0.15, 0.2) is 42.7 Å². The van der Waals surface area contributed by atoms with Crippen LogP contribution >= 0.6 is 0 Å². The summed E-state index contributed by atoms with van der Waals surface area (Å²) in [5, 5.41) is 10.7. The van der Waals surface area contributed by atoms with E-state index < -0.39 is 11.9 Å². The third-order valence-corrected chi connectivity index (χ3v) is 5.82. The molecule has 0 saturated heterocycles. The number of hydrogen-bond donors (Lipinski definition) is 1. The molecule has 9 heteroatoms. The quantitative estimate of drug-likeness (QED) is 0.705. The van der Waals surface area contributed by atoms with Gasteiger partial charge in [0.15, 0.2) is 5.69 Å². The Bertz CT molecular complexity index is 1070. The van der Waals surface area contributed by atoms with Crippen molar-refractivity contribution in [2.75, 3.05) is 0 Å². The van der Waals surface area contributed by atoms with E-state index in [4.69, 9.17) is 0 Å². The number of carbonyl (C=O) groups is 1. The molecule has 1 amide bonds. The molecule has 2 heterocycles. The van der Waals surface area contributed by atoms with Gasteiger partial charge >= 0.3 is 6.18 Å². The van der Waals surface area contributed by atoms with Gasteiger partial charge in [-0.25, -0.2) is 4.68 Å². The van der Waals surface area contributed by atoms with E-state index in [1.54, 1.807) is 24.3 Å². The number of halogens is 3. The number of aromatic nitrogens is 4. The van der Waals surface area contributed by atoms with Crippen molar-refractivity contribution >= 4 is 5.91 Å². The zero-order chi connectivity index (χ0) is 20.9. The summed E-state index contributed by atoms with van der Waals surface area (Å²) in [5.41, 5.74) is 2.38. The Morgan fingerprint density at radius 1 is 1.10 bits per heavy atom. The van der Waals surface area contributed by atoms with Crippen LogP contribution < -0.4 is 0 Å². The number of fused-ring (bicyclic) bond motifs is 1. The van der Waals surface area contributed by atoms with Gasteiger partial charge in [-0.05, 0) is 68.0 Å². The largest absolute Gasteiger partial charge is 0.435 e. The monoisotopic (exact) mass is 415 g/mol. The molecule has 2 aliphatic rings. The number of H-pyrrole nitrogens is 1. The number of nitrogens with one attached hydrogen (secondary N) is 1. The van der Waals surface area contributed by atoms with Crippen LogP contribution in [0.4, 0.5) is 13.2 Å². The van der Waals surface area contributed by atoms with Crippen LogP contribution in [-0.4, -0.2) is 42.9 Å². The number of aromatic amines is 1. The molecule has 0 spiro atoms. The zero-order valence-corrected chi connectivity index (χ0v) is 16.1. The lowest BCUT2D eigenvalue weighted by Crippen LogP contribution is -2.44. The molecule has 2 aromatic heterocycles. The minimum absolute atomic E-state index is 0.0301. The molecule has 1 aromatic carbocycles. The minimum atomic E-state index is -4.49. The summed E-state index contributed by atoms with van der Waals surface area (Å²) in [7, 11) is 0. The third kappa shape index (κ3) is 3.48. The fourth-order valence-electron chi connectivity index (χ4n) is 4.14. The Kier molecular flexibility index (Phi) is 4.41. The highest BCUT2D eigenvalue weighted by Crippen LogP contribution is 2.34. The predicted molar refractivity (Wildman–Crippen MR) is 102 cm³/mol. The molecule has 0 bridgehead atoms. The Hall–Kier alpha value is -3.10. The molecule has 1 unspecified atom stereocenters. The Morgan fingerprint density at radius 2 is 1.87 bits per heavy atom. The van der Waals surface area contributed by atoms with E-state index in [1.165, 1.54) is 11.8 Å². The van der Waals surface area contributed by atoms with E-state index in [9.17, 15) is 18.0 Å². The van der Waals surface area contributed by atoms with Crippen molar-refractivity contribution in [2.45, 2.75) is 50.4 Å². The van der Waals surface area contributed by atoms with Crippen LogP contribution in [0.1, 0.15) is 46.6 Å². The first-order valence-corrected chi connectivity index (χ1v) is 9.97. The van der Waals surface area contributed by atoms with E-state index in [2.05, 4.69) is 15.3 Å². The molecule has 30 heavy (non-hydrogen) atoms. The molecule has 5 rings (SSSR count). The molecule has 156 valence electrons. The number of aryl methyl sites for hydroxylation is 1. The maximum atomic E-state index is 13.3. The number of amides is 1. The van der Waals surface area contributed by atoms with Gasteiger partial charge in [0.1, 0.15) is 0 Å². The lowest BCUT2D eigenvalue weighted by atomic mass is 9.91. The van der Waals surface area contributed by atoms with Crippen molar-refractivity contribution in [1.29, 1.82) is 0 Å². The van der Waals surface area contributed by atoms with E-state index in [1.807, 2.05) is 11.1 Å². The standard InChI is InChI=1S/C21H20F3N5O/c22-21(23,24)19-9-10-28(27-19)15-3-1-13(2-4-15)20(30)29(16-5-6-16)17-7-8-18-14(11-17)12-25-26-18/h1-4,9-10,12,16-17H,5-8,11H2,(H,25,26). The van der Waals surface area contributed by atoms with Gasteiger partial charge in [-0.15, -0.1) is 0 Å². The molecule has 3 aromatic rings. The van der Waals surface area contributed by atoms with Gasteiger partial charge in [-0.1, -0.05) is 0 Å². The van der Waals surface area contributed by atoms with Crippen LogP contribution in [-0.2, 0) is 19.0 Å². The Morgan fingerprint density at radius 3 is 2.53 bits per heavy atom. The summed E-state index contributed by atoms with van der Waals surface area (Å²) in [6.07, 6.45) is 3.18. The highest BCUT2D eigenvalue weighted by molar-refractivity contribution is 5.95. The Labute approximate surface area is 170 Å². The van der Waals surface area contributed by atoms with Gasteiger partial charge in [0.25, 0.3) is 5.91 Å². The van der Waals surface area contributed by atoms with Crippen LogP contribution in [0.2, 0.25) is 0 Å². The van der Waals surface area contributed by atoms with Crippen molar-refractivity contribution in [2.24, 2.45) is 0 Å². The maximum absolute atomic E-state index is 13.3. The first kappa shape index (κ1) is 18.9. The first-order chi connectivity index (χ1) is 14.4. The summed E-state index contributed by atoms with van der Waals surface area (Å²) in [6, 6.07) is 7.90. The molecule has 0 radical (unpaired) electrons. The molecule has 1 N–H and O–H groups in total. The molecule has 6 nitrogen and oxygen atoms in total. The number of alkyl halides is 3. The summed E-state index contributed by atoms with van der Waals surface area (Å²) < 4.78 is 39.5. The van der Waals surface area contributed by atoms with Crippen molar-refractivity contribution < 1.29 is 18.0 Å². The topological polar surface area (TPSA) is 66.8 Å². The van der Waals surface area contributed by atoms with Crippen molar-refractivity contribution in [3.8, 4) is 5.69 Å². The van der Waals surface area contributed by atoms with Crippen LogP contribution in [0.25, 0.3) is 5.69 Å². The van der Waals surface area contributed by atoms with Crippen LogP contribution in [0, 0.1) is 0 Å². The maximum Gasteiger partial charge on any atom is 0.435 e. The van der Waals surface area contributed by atoms with Gasteiger partial charge in [0, 0.05) is 29.5 Å². The third-order valence-electron chi connectivity index (χ3n) is 5.82. The second kappa shape index (κ2) is 7.00. The lowest BCUT2D eigenvalue weighted by molar-refractivity contribution is -0.141. The summed E-state index contributed by atoms with van der Waals surface area (Å²) >= 11 is 0. The second-order valence-electron chi connectivity index (χ2n) is 7.90. The lowest BCUT2D eigenvalue weighted by Gasteiger charge is -2.34. The molecule has 1 saturated carbocycles. The fraction of sp³-hybridized carbons (Fsp3) is 0.381. The molecule has 2 aliphatic carbocycles. The number of carbonyl (C=O) groups excluding carboxylic acids is 1. The Balaban J connectivity index is 1.35. The summed E-state index contributed by atoms with van der Waals surface area (Å²) in [5.74, 6) is -0.0301. The number of rotatable bonds is 4. The molecular formula is C21H20F3N5O. The molecular weight excluding hydrogens is 395 g/mol. The number of nitrogens with zero attached hydrogens (tertiary/aromatic N) is 4. The summed E-state index contributed by atoms with van der Waals surface area (Å²) in [6.45, 7) is 0. The van der Waals surface area contributed by atoms with E-state index in [-0.39, 0.29) is 18.0 Å². The number of benzene rings is 1. The molecule has 1 fully saturated rings. The molecule has 1 atom stereocenters. The smallest absolute Gasteiger partial charge is 0.332 e. The normalized spacial score (nSPS) is 18.8. The van der Waals surface area contributed by atoms with Crippen LogP contribution in [0.5, 0.6) is 0 Å². The SMILES string of the molecule is O=C(c1ccc(-n2ccc(C(F)(F)F)n2)cc1)N(C1CC1)C1CCc2[nH]ncc2C1. The highest BCUT2D eigenvalue weighted by atomic mass is 19.4. The summed E-state index contributed by atoms with van der Waals surface area (Å²) in [4.78, 5) is 15.3. The van der Waals surface area contributed by atoms with E-state index >= 15 is 0 Å². The van der Waals surface area contributed by atoms with Crippen molar-refractivity contribution in [3.05, 3.63) is 65.2 Å². The van der Waals surface area contributed by atoms with Gasteiger partial charge in [0.2, 0.25) is 0 Å². The first-order valence-electron chi connectivity index (χ1n) is 9.97. The average molecular weight is 415 g/mol. The van der Waals surface area contributed by atoms with Gasteiger partial charge in [-0.2, -0.15) is 23.4 Å². The predicted octanol–water partition coefficient (Wildman–Crippen LogP) is 3.78. The van der Waals surface area contributed by atoms with Gasteiger partial charge in [-0.3, -0.25) is 9.89 Å². The highest BCUT2D eigenvalue weighted by Gasteiger charge is 2.39. The van der Waals surface area contributed by atoms with Crippen LogP contribution in [0.3, 0.4) is 0 Å². The average Bonchev–Trinajstić information content (AvgIpc) is 3.23. The fourth-order valence-corrected chi connectivity index (χ4v) is 4.14. The second-order valence-corrected chi connectivity index (χ2v) is 7.90. The van der Waals surface area contributed by atoms with Crippen molar-refractivity contribution in [1.82, 2.24) is 24.9 Å². The van der Waals surface area contributed by atoms with E-state index in [0.717, 1.165) is 48.5 Å². The number of hydrogen-bond acceptors (Lipinski definition) is 3. The van der Waals surface area contributed by atoms with Gasteiger partial charge < -0.3 is 4.90 Å². The zero-order valence-electron chi connectivity index (χ0n) is 16.1.